The number of rotatable bonds is 4. The number of benzene rings is 1. The van der Waals surface area contributed by atoms with Crippen LogP contribution in [0.2, 0.25) is 10.0 Å². The number of nitrogens with zero attached hydrogens (tertiary/aromatic N) is 5. The van der Waals surface area contributed by atoms with Crippen LogP contribution in [0, 0.1) is 0 Å². The molecule has 26 heavy (non-hydrogen) atoms. The third kappa shape index (κ3) is 3.50. The third-order valence-electron chi connectivity index (χ3n) is 4.60. The van der Waals surface area contributed by atoms with Crippen molar-refractivity contribution in [2.45, 2.75) is 0 Å². The zero-order valence-corrected chi connectivity index (χ0v) is 15.7. The fraction of sp³-hybridized carbons (Fsp3) is 0.333. The lowest BCUT2D eigenvalue weighted by atomic mass is 10.1. The van der Waals surface area contributed by atoms with Gasteiger partial charge in [-0.15, -0.1) is 0 Å². The number of halogens is 2. The highest BCUT2D eigenvalue weighted by Crippen LogP contribution is 2.29. The molecule has 0 spiro atoms. The van der Waals surface area contributed by atoms with Crippen molar-refractivity contribution in [2.75, 3.05) is 44.2 Å². The van der Waals surface area contributed by atoms with Crippen molar-refractivity contribution < 1.29 is 5.11 Å². The van der Waals surface area contributed by atoms with E-state index in [1.807, 2.05) is 28.9 Å². The molecule has 6 nitrogen and oxygen atoms in total. The number of aliphatic hydroxyl groups is 1. The number of anilines is 1. The molecule has 8 heteroatoms. The van der Waals surface area contributed by atoms with Crippen molar-refractivity contribution in [1.82, 2.24) is 19.3 Å². The van der Waals surface area contributed by atoms with Gasteiger partial charge in [-0.2, -0.15) is 0 Å². The summed E-state index contributed by atoms with van der Waals surface area (Å²) in [5.41, 5.74) is 2.50. The Balaban J connectivity index is 1.72. The van der Waals surface area contributed by atoms with Crippen LogP contribution >= 0.6 is 23.2 Å². The zero-order chi connectivity index (χ0) is 18.1. The maximum absolute atomic E-state index is 9.12. The fourth-order valence-corrected chi connectivity index (χ4v) is 3.82. The van der Waals surface area contributed by atoms with E-state index >= 15 is 0 Å². The van der Waals surface area contributed by atoms with Crippen LogP contribution in [0.1, 0.15) is 0 Å². The van der Waals surface area contributed by atoms with Gasteiger partial charge in [0, 0.05) is 66.9 Å². The van der Waals surface area contributed by atoms with Gasteiger partial charge in [0.2, 0.25) is 0 Å². The average Bonchev–Trinajstić information content (AvgIpc) is 3.10. The largest absolute Gasteiger partial charge is 0.395 e. The van der Waals surface area contributed by atoms with Crippen molar-refractivity contribution >= 4 is 34.7 Å². The highest BCUT2D eigenvalue weighted by Gasteiger charge is 2.21. The summed E-state index contributed by atoms with van der Waals surface area (Å²) in [6, 6.07) is 5.44. The molecule has 2 aromatic heterocycles. The van der Waals surface area contributed by atoms with Crippen LogP contribution in [0.25, 0.3) is 16.9 Å². The second kappa shape index (κ2) is 7.40. The summed E-state index contributed by atoms with van der Waals surface area (Å²) >= 11 is 12.3. The Morgan fingerprint density at radius 3 is 2.46 bits per heavy atom. The van der Waals surface area contributed by atoms with Gasteiger partial charge in [-0.25, -0.2) is 9.97 Å². The predicted molar refractivity (Wildman–Crippen MR) is 104 cm³/mol. The number of aromatic nitrogens is 3. The monoisotopic (exact) mass is 391 g/mol. The van der Waals surface area contributed by atoms with E-state index in [1.165, 1.54) is 0 Å². The number of imidazole rings is 1. The minimum Gasteiger partial charge on any atom is -0.395 e. The number of piperazine rings is 1. The van der Waals surface area contributed by atoms with Gasteiger partial charge < -0.3 is 14.4 Å². The topological polar surface area (TPSA) is 56.9 Å². The van der Waals surface area contributed by atoms with E-state index in [9.17, 15) is 0 Å². The molecule has 1 aliphatic rings. The van der Waals surface area contributed by atoms with Crippen molar-refractivity contribution in [1.29, 1.82) is 0 Å². The second-order valence-electron chi connectivity index (χ2n) is 6.32. The van der Waals surface area contributed by atoms with Crippen LogP contribution in [-0.2, 0) is 0 Å². The molecule has 0 unspecified atom stereocenters. The molecule has 4 rings (SSSR count). The number of aliphatic hydroxyl groups excluding tert-OH is 1. The Bertz CT molecular complexity index is 901. The first-order chi connectivity index (χ1) is 12.6. The molecule has 3 heterocycles. The maximum Gasteiger partial charge on any atom is 0.180 e. The molecule has 1 fully saturated rings. The fourth-order valence-electron chi connectivity index (χ4n) is 3.29. The molecule has 0 radical (unpaired) electrons. The van der Waals surface area contributed by atoms with E-state index in [1.54, 1.807) is 12.3 Å². The van der Waals surface area contributed by atoms with Gasteiger partial charge in [0.1, 0.15) is 0 Å². The summed E-state index contributed by atoms with van der Waals surface area (Å²) in [4.78, 5) is 13.8. The lowest BCUT2D eigenvalue weighted by Gasteiger charge is -2.35. The van der Waals surface area contributed by atoms with Gasteiger partial charge in [-0.3, -0.25) is 4.90 Å². The van der Waals surface area contributed by atoms with Crippen LogP contribution in [0.5, 0.6) is 0 Å². The molecule has 1 aromatic carbocycles. The average molecular weight is 392 g/mol. The van der Waals surface area contributed by atoms with E-state index in [2.05, 4.69) is 14.8 Å². The van der Waals surface area contributed by atoms with Crippen LogP contribution < -0.4 is 4.90 Å². The second-order valence-corrected chi connectivity index (χ2v) is 7.19. The summed E-state index contributed by atoms with van der Waals surface area (Å²) in [5, 5.41) is 10.3. The van der Waals surface area contributed by atoms with Gasteiger partial charge >= 0.3 is 0 Å². The smallest absolute Gasteiger partial charge is 0.180 e. The molecule has 0 bridgehead atoms. The lowest BCUT2D eigenvalue weighted by molar-refractivity contribution is 0.188. The van der Waals surface area contributed by atoms with E-state index < -0.39 is 0 Å². The Morgan fingerprint density at radius 2 is 1.77 bits per heavy atom. The molecule has 0 amide bonds. The Hall–Kier alpha value is -1.86. The minimum atomic E-state index is 0.188. The van der Waals surface area contributed by atoms with Gasteiger partial charge in [0.25, 0.3) is 0 Å². The zero-order valence-electron chi connectivity index (χ0n) is 14.1. The molecule has 3 aromatic rings. The summed E-state index contributed by atoms with van der Waals surface area (Å²) in [6.45, 7) is 4.37. The van der Waals surface area contributed by atoms with Gasteiger partial charge in [0.15, 0.2) is 11.5 Å². The number of β-amino-alcohol motifs (C(OH)–C–C–N with tert-alkyl or cyclic N) is 1. The first-order valence-corrected chi connectivity index (χ1v) is 9.28. The quantitative estimate of drug-likeness (QED) is 0.740. The predicted octanol–water partition coefficient (Wildman–Crippen LogP) is 2.82. The standard InChI is InChI=1S/C18H19Cl2N5O/c19-14-9-13(10-15(20)11-14)16-12-25-2-1-21-17(25)18(22-16)24-5-3-23(4-6-24)7-8-26/h1-2,9-12,26H,3-8H2. The maximum atomic E-state index is 9.12. The highest BCUT2D eigenvalue weighted by atomic mass is 35.5. The van der Waals surface area contributed by atoms with E-state index in [4.69, 9.17) is 33.3 Å². The summed E-state index contributed by atoms with van der Waals surface area (Å²) < 4.78 is 1.98. The van der Waals surface area contributed by atoms with Crippen molar-refractivity contribution in [3.05, 3.63) is 46.8 Å². The molecular weight excluding hydrogens is 373 g/mol. The normalized spacial score (nSPS) is 15.7. The minimum absolute atomic E-state index is 0.188. The van der Waals surface area contributed by atoms with Crippen molar-refractivity contribution in [2.24, 2.45) is 0 Å². The Kier molecular flexibility index (Phi) is 5.00. The molecule has 0 saturated carbocycles. The van der Waals surface area contributed by atoms with Gasteiger partial charge in [0.05, 0.1) is 12.3 Å². The van der Waals surface area contributed by atoms with Crippen LogP contribution in [0.15, 0.2) is 36.8 Å². The molecule has 1 saturated heterocycles. The van der Waals surface area contributed by atoms with E-state index in [0.29, 0.717) is 16.6 Å². The van der Waals surface area contributed by atoms with E-state index in [0.717, 1.165) is 48.9 Å². The summed E-state index contributed by atoms with van der Waals surface area (Å²) in [6.07, 6.45) is 5.63. The first-order valence-electron chi connectivity index (χ1n) is 8.52. The number of fused-ring (bicyclic) bond motifs is 1. The van der Waals surface area contributed by atoms with Gasteiger partial charge in [-0.05, 0) is 18.2 Å². The number of hydrogen-bond donors (Lipinski definition) is 1. The molecule has 1 N–H and O–H groups in total. The van der Waals surface area contributed by atoms with E-state index in [-0.39, 0.29) is 6.61 Å². The van der Waals surface area contributed by atoms with Gasteiger partial charge in [-0.1, -0.05) is 23.2 Å². The Morgan fingerprint density at radius 1 is 1.04 bits per heavy atom. The molecular formula is C18H19Cl2N5O. The highest BCUT2D eigenvalue weighted by molar-refractivity contribution is 6.35. The number of hydrogen-bond acceptors (Lipinski definition) is 5. The molecule has 0 atom stereocenters. The van der Waals surface area contributed by atoms with Crippen LogP contribution in [0.4, 0.5) is 5.82 Å². The summed E-state index contributed by atoms with van der Waals surface area (Å²) in [7, 11) is 0. The van der Waals surface area contributed by atoms with Crippen LogP contribution in [0.3, 0.4) is 0 Å². The molecule has 1 aliphatic heterocycles. The SMILES string of the molecule is OCCN1CCN(c2nc(-c3cc(Cl)cc(Cl)c3)cn3ccnc23)CC1. The van der Waals surface area contributed by atoms with Crippen molar-refractivity contribution in [3.8, 4) is 11.3 Å². The molecule has 136 valence electrons. The first kappa shape index (κ1) is 17.5. The van der Waals surface area contributed by atoms with Crippen LogP contribution in [-0.4, -0.2) is 63.7 Å². The third-order valence-corrected chi connectivity index (χ3v) is 5.04. The Labute approximate surface area is 161 Å². The van der Waals surface area contributed by atoms with Crippen molar-refractivity contribution in [3.63, 3.8) is 0 Å². The molecule has 0 aliphatic carbocycles. The summed E-state index contributed by atoms with van der Waals surface area (Å²) in [5.74, 6) is 0.854. The lowest BCUT2D eigenvalue weighted by Crippen LogP contribution is -2.47.